The highest BCUT2D eigenvalue weighted by molar-refractivity contribution is 5.99. The molecule has 76 heavy (non-hydrogen) atoms. The van der Waals surface area contributed by atoms with E-state index in [2.05, 4.69) is 52.4 Å². The first-order valence-electron chi connectivity index (χ1n) is 23.7. The van der Waals surface area contributed by atoms with Crippen LogP contribution in [0.4, 0.5) is 26.2 Å². The molecule has 0 unspecified atom stereocenters. The predicted octanol–water partition coefficient (Wildman–Crippen LogP) is 8.52. The lowest BCUT2D eigenvalue weighted by molar-refractivity contribution is -0.128. The first-order chi connectivity index (χ1) is 36.7. The Bertz CT molecular complexity index is 3370. The monoisotopic (exact) mass is 1030 g/mol. The van der Waals surface area contributed by atoms with Crippen LogP contribution in [0.1, 0.15) is 18.3 Å². The maximum Gasteiger partial charge on any atom is 0.325 e. The highest BCUT2D eigenvalue weighted by Gasteiger charge is 2.29. The van der Waals surface area contributed by atoms with E-state index in [-0.39, 0.29) is 53.3 Å². The van der Waals surface area contributed by atoms with Gasteiger partial charge in [-0.3, -0.25) is 9.59 Å². The maximum atomic E-state index is 16.3. The minimum Gasteiger partial charge on any atom is -0.421 e. The summed E-state index contributed by atoms with van der Waals surface area (Å²) >= 11 is 0. The van der Waals surface area contributed by atoms with Gasteiger partial charge in [0.15, 0.2) is 23.1 Å². The van der Waals surface area contributed by atoms with Gasteiger partial charge in [0.1, 0.15) is 5.82 Å². The number of aromatic nitrogens is 8. The van der Waals surface area contributed by atoms with Gasteiger partial charge < -0.3 is 50.3 Å². The lowest BCUT2D eigenvalue weighted by atomic mass is 10.00. The Kier molecular flexibility index (Phi) is 16.6. The van der Waals surface area contributed by atoms with E-state index in [0.717, 1.165) is 12.3 Å². The number of allylic oxidation sites excluding steroid dienone is 1. The summed E-state index contributed by atoms with van der Waals surface area (Å²) in [5.74, 6) is -1.61. The van der Waals surface area contributed by atoms with Crippen LogP contribution in [-0.4, -0.2) is 121 Å². The number of carbonyl (C=O) groups excluding carboxylic acids is 2. The van der Waals surface area contributed by atoms with Crippen LogP contribution in [0.25, 0.3) is 33.5 Å². The second-order valence-corrected chi connectivity index (χ2v) is 17.5. The van der Waals surface area contributed by atoms with E-state index in [1.165, 1.54) is 42.7 Å². The average molecular weight is 1030 g/mol. The van der Waals surface area contributed by atoms with E-state index in [1.54, 1.807) is 86.7 Å². The summed E-state index contributed by atoms with van der Waals surface area (Å²) in [6.45, 7) is 10.8. The topological polar surface area (TPSA) is 235 Å². The number of amides is 2. The highest BCUT2D eigenvalue weighted by Crippen LogP contribution is 2.38. The Morgan fingerprint density at radius 3 is 2.20 bits per heavy atom. The normalized spacial score (nSPS) is 13.6. The van der Waals surface area contributed by atoms with Crippen molar-refractivity contribution in [1.29, 1.82) is 5.41 Å². The van der Waals surface area contributed by atoms with Gasteiger partial charge in [-0.05, 0) is 94.5 Å². The molecule has 8 rings (SSSR count). The SMILES string of the molecule is C=CC(=O)Nc1cccc(-c2nc(Oc3cc(C)nc(Oc4ccc(-c5cnc(N/C(C=N)=C/NC)nc5N5CCN(C(=O)/C=C/CN(C)C)[C@H](C)C5)cc4F)n3)ncc2-c2ccc(Oc3nccc(C)n3)c(F)c2)c1. The van der Waals surface area contributed by atoms with Crippen LogP contribution < -0.4 is 35.1 Å². The Morgan fingerprint density at radius 1 is 0.803 bits per heavy atom. The second kappa shape index (κ2) is 24.0. The number of aryl methyl sites for hydroxylation is 2. The summed E-state index contributed by atoms with van der Waals surface area (Å²) in [6, 6.07) is 18.1. The molecule has 1 aliphatic rings. The number of rotatable bonds is 19. The van der Waals surface area contributed by atoms with Gasteiger partial charge in [-0.1, -0.05) is 36.9 Å². The largest absolute Gasteiger partial charge is 0.421 e. The van der Waals surface area contributed by atoms with Gasteiger partial charge >= 0.3 is 18.0 Å². The third-order valence-electron chi connectivity index (χ3n) is 11.4. The lowest BCUT2D eigenvalue weighted by Gasteiger charge is -2.40. The molecule has 7 aromatic rings. The Hall–Kier alpha value is -9.57. The molecule has 4 aromatic heterocycles. The molecular weight excluding hydrogens is 977 g/mol. The standard InChI is InChI=1S/C54H53F2N15O5/c1-8-46(72)64-38-12-9-11-37(24-38)49-40(35-14-16-44(42(55)25-35)74-52-59-19-18-32(2)62-52)29-61-53(67-49)76-47-23-33(3)63-54(66-47)75-45-17-15-36(26-43(45)56)41-30-60-51(65-39(27-57)28-58-5)68-50(41)70-21-22-71(34(4)31-70)48(73)13-10-20-69(6)7/h8-19,23-30,34,57-58H,1,20-22,31H2,2-7H3,(H,64,72)(H,60,65,68)/b13-10+,39-28+,57-27?/t34-/m1/s1. The summed E-state index contributed by atoms with van der Waals surface area (Å²) in [5, 5.41) is 16.5. The van der Waals surface area contributed by atoms with Crippen molar-refractivity contribution in [2.45, 2.75) is 26.8 Å². The van der Waals surface area contributed by atoms with Crippen molar-refractivity contribution in [2.75, 3.05) is 62.9 Å². The molecule has 1 atom stereocenters. The number of likely N-dealkylation sites (N-methyl/N-ethyl adjacent to an activating group) is 1. The van der Waals surface area contributed by atoms with Gasteiger partial charge in [0.2, 0.25) is 23.6 Å². The van der Waals surface area contributed by atoms with Crippen LogP contribution >= 0.6 is 0 Å². The summed E-state index contributed by atoms with van der Waals surface area (Å²) < 4.78 is 49.6. The van der Waals surface area contributed by atoms with E-state index < -0.39 is 17.5 Å². The van der Waals surface area contributed by atoms with E-state index in [0.29, 0.717) is 88.3 Å². The van der Waals surface area contributed by atoms with Crippen LogP contribution in [0.15, 0.2) is 128 Å². The molecule has 4 N–H and O–H groups in total. The molecule has 20 nitrogen and oxygen atoms in total. The quantitative estimate of drug-likeness (QED) is 0.0439. The molecule has 0 saturated carbocycles. The molecule has 388 valence electrons. The van der Waals surface area contributed by atoms with Crippen LogP contribution in [-0.2, 0) is 9.59 Å². The zero-order chi connectivity index (χ0) is 53.9. The minimum absolute atomic E-state index is 0.0158. The number of anilines is 3. The number of hydrogen-bond donors (Lipinski definition) is 4. The molecule has 5 heterocycles. The Balaban J connectivity index is 1.06. The first kappa shape index (κ1) is 52.7. The molecule has 0 aliphatic carbocycles. The second-order valence-electron chi connectivity index (χ2n) is 17.5. The van der Waals surface area contributed by atoms with Crippen molar-refractivity contribution in [3.05, 3.63) is 151 Å². The molecule has 0 radical (unpaired) electrons. The minimum atomic E-state index is -0.746. The number of ether oxygens (including phenoxy) is 3. The van der Waals surface area contributed by atoms with E-state index in [9.17, 15) is 9.59 Å². The summed E-state index contributed by atoms with van der Waals surface area (Å²) in [5.41, 5.74) is 4.43. The van der Waals surface area contributed by atoms with E-state index in [4.69, 9.17) is 29.6 Å². The third kappa shape index (κ3) is 13.1. The number of nitrogens with zero attached hydrogens (tertiary/aromatic N) is 11. The number of halogens is 2. The van der Waals surface area contributed by atoms with Gasteiger partial charge in [-0.2, -0.15) is 19.9 Å². The molecule has 22 heteroatoms. The lowest BCUT2D eigenvalue weighted by Crippen LogP contribution is -2.54. The Morgan fingerprint density at radius 2 is 1.51 bits per heavy atom. The van der Waals surface area contributed by atoms with Crippen molar-refractivity contribution in [3.63, 3.8) is 0 Å². The number of piperazine rings is 1. The molecule has 3 aromatic carbocycles. The van der Waals surface area contributed by atoms with Crippen molar-refractivity contribution < 1.29 is 32.6 Å². The van der Waals surface area contributed by atoms with Crippen LogP contribution in [0.5, 0.6) is 35.4 Å². The first-order valence-corrected chi connectivity index (χ1v) is 23.7. The van der Waals surface area contributed by atoms with Crippen LogP contribution in [0, 0.1) is 30.9 Å². The summed E-state index contributed by atoms with van der Waals surface area (Å²) in [6.07, 6.45) is 11.8. The zero-order valence-electron chi connectivity index (χ0n) is 42.4. The highest BCUT2D eigenvalue weighted by atomic mass is 19.1. The third-order valence-corrected chi connectivity index (χ3v) is 11.4. The Labute approximate surface area is 436 Å². The van der Waals surface area contributed by atoms with Crippen molar-refractivity contribution in [3.8, 4) is 68.9 Å². The van der Waals surface area contributed by atoms with E-state index >= 15 is 8.78 Å². The van der Waals surface area contributed by atoms with Gasteiger partial charge in [0.25, 0.3) is 0 Å². The van der Waals surface area contributed by atoms with Crippen molar-refractivity contribution in [2.24, 2.45) is 0 Å². The molecule has 1 saturated heterocycles. The molecule has 0 spiro atoms. The predicted molar refractivity (Wildman–Crippen MR) is 284 cm³/mol. The van der Waals surface area contributed by atoms with Crippen molar-refractivity contribution in [1.82, 2.24) is 55.0 Å². The van der Waals surface area contributed by atoms with Gasteiger partial charge in [0.05, 0.1) is 11.4 Å². The fraction of sp³-hybridized carbons (Fsp3) is 0.204. The summed E-state index contributed by atoms with van der Waals surface area (Å²) in [4.78, 5) is 66.7. The molecule has 1 fully saturated rings. The molecule has 0 bridgehead atoms. The van der Waals surface area contributed by atoms with Gasteiger partial charge in [-0.15, -0.1) is 0 Å². The van der Waals surface area contributed by atoms with Crippen molar-refractivity contribution >= 4 is 35.5 Å². The molecule has 2 amide bonds. The van der Waals surface area contributed by atoms with E-state index in [1.807, 2.05) is 36.9 Å². The molecular formula is C54H53F2N15O5. The molecule has 1 aliphatic heterocycles. The summed E-state index contributed by atoms with van der Waals surface area (Å²) in [7, 11) is 5.56. The van der Waals surface area contributed by atoms with Gasteiger partial charge in [0, 0.05) is 116 Å². The number of nitrogens with one attached hydrogen (secondary N) is 4. The number of benzene rings is 3. The smallest absolute Gasteiger partial charge is 0.325 e. The van der Waals surface area contributed by atoms with Gasteiger partial charge in [-0.25, -0.2) is 28.7 Å². The fourth-order valence-corrected chi connectivity index (χ4v) is 7.88. The van der Waals surface area contributed by atoms with Crippen LogP contribution in [0.2, 0.25) is 0 Å². The number of carbonyl (C=O) groups is 2. The fourth-order valence-electron chi connectivity index (χ4n) is 7.88. The average Bonchev–Trinajstić information content (AvgIpc) is 3.42. The maximum absolute atomic E-state index is 16.3. The number of hydrogen-bond acceptors (Lipinski definition) is 18. The van der Waals surface area contributed by atoms with Crippen LogP contribution in [0.3, 0.4) is 0 Å². The zero-order valence-corrected chi connectivity index (χ0v) is 42.4.